The van der Waals surface area contributed by atoms with Gasteiger partial charge in [0.2, 0.25) is 5.91 Å². The zero-order valence-electron chi connectivity index (χ0n) is 12.2. The number of hydrogen-bond donors (Lipinski definition) is 4. The molecule has 1 unspecified atom stereocenters. The van der Waals surface area contributed by atoms with Gasteiger partial charge in [-0.3, -0.25) is 4.79 Å². The molecule has 1 aliphatic rings. The molecule has 1 aromatic carbocycles. The van der Waals surface area contributed by atoms with E-state index in [1.807, 2.05) is 0 Å². The highest BCUT2D eigenvalue weighted by Gasteiger charge is 2.40. The van der Waals surface area contributed by atoms with E-state index in [1.165, 1.54) is 0 Å². The molecule has 1 heterocycles. The summed E-state index contributed by atoms with van der Waals surface area (Å²) in [7, 11) is 0. The summed E-state index contributed by atoms with van der Waals surface area (Å²) in [6.45, 7) is 3.71. The van der Waals surface area contributed by atoms with Crippen LogP contribution in [0.25, 0.3) is 0 Å². The number of nitrogens with two attached hydrogens (primary N) is 1. The summed E-state index contributed by atoms with van der Waals surface area (Å²) in [5.74, 6) is 0.0601. The van der Waals surface area contributed by atoms with E-state index in [0.29, 0.717) is 5.69 Å². The molecule has 3 amide bonds. The highest BCUT2D eigenvalue weighted by atomic mass is 16.2. The van der Waals surface area contributed by atoms with Crippen LogP contribution in [0.5, 0.6) is 0 Å². The normalized spacial score (nSPS) is 21.0. The number of anilines is 2. The van der Waals surface area contributed by atoms with Gasteiger partial charge in [-0.1, -0.05) is 13.3 Å². The van der Waals surface area contributed by atoms with E-state index < -0.39 is 6.03 Å². The van der Waals surface area contributed by atoms with Crippen LogP contribution in [-0.2, 0) is 4.79 Å². The molecule has 0 saturated carbocycles. The molecule has 0 bridgehead atoms. The molecule has 1 saturated heterocycles. The second-order valence-corrected chi connectivity index (χ2v) is 5.48. The number of rotatable bonds is 5. The van der Waals surface area contributed by atoms with Crippen LogP contribution in [-0.4, -0.2) is 25.0 Å². The van der Waals surface area contributed by atoms with Crippen molar-refractivity contribution in [3.63, 3.8) is 0 Å². The summed E-state index contributed by atoms with van der Waals surface area (Å²) in [4.78, 5) is 23.3. The Hall–Kier alpha value is -2.08. The second-order valence-electron chi connectivity index (χ2n) is 5.48. The monoisotopic (exact) mass is 290 g/mol. The Morgan fingerprint density at radius 1 is 1.24 bits per heavy atom. The molecule has 0 radical (unpaired) electrons. The van der Waals surface area contributed by atoms with Gasteiger partial charge in [0.05, 0.1) is 5.41 Å². The van der Waals surface area contributed by atoms with Crippen LogP contribution in [0.3, 0.4) is 0 Å². The van der Waals surface area contributed by atoms with E-state index in [4.69, 9.17) is 5.73 Å². The van der Waals surface area contributed by atoms with Gasteiger partial charge in [0.25, 0.3) is 0 Å². The van der Waals surface area contributed by atoms with Crippen molar-refractivity contribution in [2.75, 3.05) is 23.7 Å². The van der Waals surface area contributed by atoms with E-state index in [1.54, 1.807) is 24.3 Å². The summed E-state index contributed by atoms with van der Waals surface area (Å²) in [6.07, 6.45) is 2.73. The molecule has 2 rings (SSSR count). The zero-order chi connectivity index (χ0) is 15.3. The number of amides is 3. The lowest BCUT2D eigenvalue weighted by Crippen LogP contribution is -2.38. The number of carbonyl (C=O) groups is 2. The van der Waals surface area contributed by atoms with Gasteiger partial charge in [-0.2, -0.15) is 0 Å². The van der Waals surface area contributed by atoms with E-state index in [0.717, 1.165) is 38.0 Å². The van der Waals surface area contributed by atoms with Crippen molar-refractivity contribution in [2.45, 2.75) is 26.2 Å². The van der Waals surface area contributed by atoms with Gasteiger partial charge in [-0.05, 0) is 43.7 Å². The van der Waals surface area contributed by atoms with E-state index in [-0.39, 0.29) is 11.3 Å². The van der Waals surface area contributed by atoms with Gasteiger partial charge < -0.3 is 21.7 Å². The molecule has 0 aliphatic carbocycles. The molecule has 0 aromatic heterocycles. The molecule has 6 heteroatoms. The summed E-state index contributed by atoms with van der Waals surface area (Å²) < 4.78 is 0. The predicted octanol–water partition coefficient (Wildman–Crippen LogP) is 1.90. The van der Waals surface area contributed by atoms with Gasteiger partial charge in [0.15, 0.2) is 0 Å². The van der Waals surface area contributed by atoms with Gasteiger partial charge >= 0.3 is 6.03 Å². The van der Waals surface area contributed by atoms with E-state index in [9.17, 15) is 9.59 Å². The number of benzene rings is 1. The Labute approximate surface area is 124 Å². The Kier molecular flexibility index (Phi) is 4.80. The Bertz CT molecular complexity index is 507. The summed E-state index contributed by atoms with van der Waals surface area (Å²) in [6, 6.07) is 6.32. The lowest BCUT2D eigenvalue weighted by atomic mass is 9.81. The maximum atomic E-state index is 12.5. The standard InChI is InChI=1S/C15H22N4O2/c1-2-7-15(8-9-17-10-15)13(20)18-11-3-5-12(6-4-11)19-14(16)21/h3-6,17H,2,7-10H2,1H3,(H,18,20)(H3,16,19,21). The number of carbonyl (C=O) groups excluding carboxylic acids is 2. The lowest BCUT2D eigenvalue weighted by Gasteiger charge is -2.26. The smallest absolute Gasteiger partial charge is 0.316 e. The van der Waals surface area contributed by atoms with Crippen LogP contribution in [0.2, 0.25) is 0 Å². The van der Waals surface area contributed by atoms with Crippen molar-refractivity contribution in [1.29, 1.82) is 0 Å². The third-order valence-electron chi connectivity index (χ3n) is 3.86. The quantitative estimate of drug-likeness (QED) is 0.667. The van der Waals surface area contributed by atoms with E-state index >= 15 is 0 Å². The van der Waals surface area contributed by atoms with Crippen molar-refractivity contribution < 1.29 is 9.59 Å². The fourth-order valence-corrected chi connectivity index (χ4v) is 2.79. The third kappa shape index (κ3) is 3.72. The first-order chi connectivity index (χ1) is 10.1. The molecule has 1 aliphatic heterocycles. The fraction of sp³-hybridized carbons (Fsp3) is 0.467. The van der Waals surface area contributed by atoms with Crippen molar-refractivity contribution in [2.24, 2.45) is 11.1 Å². The fourth-order valence-electron chi connectivity index (χ4n) is 2.79. The Morgan fingerprint density at radius 3 is 2.33 bits per heavy atom. The maximum Gasteiger partial charge on any atom is 0.316 e. The van der Waals surface area contributed by atoms with Gasteiger partial charge in [0, 0.05) is 17.9 Å². The number of hydrogen-bond acceptors (Lipinski definition) is 3. The van der Waals surface area contributed by atoms with Gasteiger partial charge in [0.1, 0.15) is 0 Å². The minimum Gasteiger partial charge on any atom is -0.351 e. The van der Waals surface area contributed by atoms with Crippen LogP contribution >= 0.6 is 0 Å². The van der Waals surface area contributed by atoms with Crippen LogP contribution in [0.4, 0.5) is 16.2 Å². The van der Waals surface area contributed by atoms with Crippen molar-refractivity contribution in [3.05, 3.63) is 24.3 Å². The van der Waals surface area contributed by atoms with Crippen molar-refractivity contribution in [1.82, 2.24) is 5.32 Å². The van der Waals surface area contributed by atoms with Crippen molar-refractivity contribution in [3.8, 4) is 0 Å². The zero-order valence-corrected chi connectivity index (χ0v) is 12.2. The molecule has 21 heavy (non-hydrogen) atoms. The number of nitrogens with one attached hydrogen (secondary N) is 3. The SMILES string of the molecule is CCCC1(C(=O)Nc2ccc(NC(N)=O)cc2)CCNC1. The van der Waals surface area contributed by atoms with Crippen LogP contribution < -0.4 is 21.7 Å². The van der Waals surface area contributed by atoms with Crippen LogP contribution in [0.15, 0.2) is 24.3 Å². The van der Waals surface area contributed by atoms with Gasteiger partial charge in [-0.15, -0.1) is 0 Å². The van der Waals surface area contributed by atoms with Gasteiger partial charge in [-0.25, -0.2) is 4.79 Å². The first-order valence-corrected chi connectivity index (χ1v) is 7.24. The molecule has 6 nitrogen and oxygen atoms in total. The summed E-state index contributed by atoms with van der Waals surface area (Å²) >= 11 is 0. The first kappa shape index (κ1) is 15.3. The molecular weight excluding hydrogens is 268 g/mol. The number of urea groups is 1. The molecule has 1 aromatic rings. The molecular formula is C15H22N4O2. The molecule has 114 valence electrons. The topological polar surface area (TPSA) is 96.2 Å². The average Bonchev–Trinajstić information content (AvgIpc) is 2.91. The van der Waals surface area contributed by atoms with E-state index in [2.05, 4.69) is 22.9 Å². The first-order valence-electron chi connectivity index (χ1n) is 7.24. The molecule has 1 fully saturated rings. The minimum absolute atomic E-state index is 0.0601. The van der Waals surface area contributed by atoms with Crippen LogP contribution in [0.1, 0.15) is 26.2 Å². The Morgan fingerprint density at radius 2 is 1.86 bits per heavy atom. The summed E-state index contributed by atoms with van der Waals surface area (Å²) in [5, 5.41) is 8.72. The number of primary amides is 1. The predicted molar refractivity (Wildman–Crippen MR) is 83.1 cm³/mol. The maximum absolute atomic E-state index is 12.5. The minimum atomic E-state index is -0.606. The largest absolute Gasteiger partial charge is 0.351 e. The lowest BCUT2D eigenvalue weighted by molar-refractivity contribution is -0.125. The highest BCUT2D eigenvalue weighted by Crippen LogP contribution is 2.32. The second kappa shape index (κ2) is 6.58. The third-order valence-corrected chi connectivity index (χ3v) is 3.86. The van der Waals surface area contributed by atoms with Crippen LogP contribution in [0, 0.1) is 5.41 Å². The summed E-state index contributed by atoms with van der Waals surface area (Å²) in [5.41, 5.74) is 6.07. The molecule has 5 N–H and O–H groups in total. The Balaban J connectivity index is 2.03. The van der Waals surface area contributed by atoms with Crippen molar-refractivity contribution >= 4 is 23.3 Å². The average molecular weight is 290 g/mol. The molecule has 1 atom stereocenters. The molecule has 0 spiro atoms. The highest BCUT2D eigenvalue weighted by molar-refractivity contribution is 5.96.